The molecule has 6 nitrogen and oxygen atoms in total. The highest BCUT2D eigenvalue weighted by atomic mass is 19.1. The molecule has 0 fully saturated rings. The van der Waals surface area contributed by atoms with Gasteiger partial charge in [-0.25, -0.2) is 4.39 Å². The lowest BCUT2D eigenvalue weighted by molar-refractivity contribution is -0.120. The van der Waals surface area contributed by atoms with E-state index in [0.29, 0.717) is 30.1 Å². The zero-order chi connectivity index (χ0) is 15.8. The van der Waals surface area contributed by atoms with Crippen molar-refractivity contribution in [2.75, 3.05) is 13.1 Å². The molecule has 1 amide bonds. The summed E-state index contributed by atoms with van der Waals surface area (Å²) in [6.45, 7) is 5.08. The lowest BCUT2D eigenvalue weighted by Gasteiger charge is -2.09. The number of oxime groups is 1. The zero-order valence-corrected chi connectivity index (χ0v) is 12.2. The third-order valence-electron chi connectivity index (χ3n) is 2.68. The minimum Gasteiger partial charge on any atom is -0.409 e. The third kappa shape index (κ3) is 6.22. The molecule has 21 heavy (non-hydrogen) atoms. The molecule has 0 atom stereocenters. The number of carbonyl (C=O) groups is 1. The summed E-state index contributed by atoms with van der Waals surface area (Å²) in [5, 5.41) is 17.1. The van der Waals surface area contributed by atoms with E-state index in [1.165, 1.54) is 12.1 Å². The van der Waals surface area contributed by atoms with E-state index < -0.39 is 5.82 Å². The lowest BCUT2D eigenvalue weighted by Crippen LogP contribution is -2.35. The van der Waals surface area contributed by atoms with Crippen molar-refractivity contribution < 1.29 is 14.4 Å². The van der Waals surface area contributed by atoms with Gasteiger partial charge in [0.2, 0.25) is 5.91 Å². The summed E-state index contributed by atoms with van der Waals surface area (Å²) in [6.07, 6.45) is 0. The van der Waals surface area contributed by atoms with Gasteiger partial charge in [-0.3, -0.25) is 4.79 Å². The molecule has 116 valence electrons. The Bertz CT molecular complexity index is 518. The van der Waals surface area contributed by atoms with Gasteiger partial charge < -0.3 is 21.6 Å². The predicted molar refractivity (Wildman–Crippen MR) is 78.5 cm³/mol. The second-order valence-corrected chi connectivity index (χ2v) is 5.13. The SMILES string of the molecule is CC(C)CNC(=O)CNCc1cc(F)cc(/C(N)=N/O)c1. The van der Waals surface area contributed by atoms with Crippen LogP contribution in [0, 0.1) is 11.7 Å². The monoisotopic (exact) mass is 296 g/mol. The van der Waals surface area contributed by atoms with Gasteiger partial charge >= 0.3 is 0 Å². The lowest BCUT2D eigenvalue weighted by atomic mass is 10.1. The second kappa shape index (κ2) is 8.21. The van der Waals surface area contributed by atoms with Crippen LogP contribution in [-0.4, -0.2) is 30.0 Å². The summed E-state index contributed by atoms with van der Waals surface area (Å²) in [5.41, 5.74) is 6.32. The molecular formula is C14H21FN4O2. The van der Waals surface area contributed by atoms with Crippen molar-refractivity contribution >= 4 is 11.7 Å². The van der Waals surface area contributed by atoms with Crippen LogP contribution in [0.15, 0.2) is 23.4 Å². The van der Waals surface area contributed by atoms with Gasteiger partial charge in [-0.2, -0.15) is 0 Å². The Hall–Kier alpha value is -2.15. The number of nitrogens with two attached hydrogens (primary N) is 1. The van der Waals surface area contributed by atoms with Crippen LogP contribution in [-0.2, 0) is 11.3 Å². The van der Waals surface area contributed by atoms with Crippen molar-refractivity contribution in [2.24, 2.45) is 16.8 Å². The fraction of sp³-hybridized carbons (Fsp3) is 0.429. The topological polar surface area (TPSA) is 99.7 Å². The first kappa shape index (κ1) is 16.9. The number of hydrogen-bond donors (Lipinski definition) is 4. The normalized spacial score (nSPS) is 11.7. The van der Waals surface area contributed by atoms with Crippen LogP contribution >= 0.6 is 0 Å². The zero-order valence-electron chi connectivity index (χ0n) is 12.2. The Morgan fingerprint density at radius 3 is 2.76 bits per heavy atom. The number of carbonyl (C=O) groups excluding carboxylic acids is 1. The van der Waals surface area contributed by atoms with Crippen molar-refractivity contribution in [3.8, 4) is 0 Å². The van der Waals surface area contributed by atoms with Crippen molar-refractivity contribution in [2.45, 2.75) is 20.4 Å². The smallest absolute Gasteiger partial charge is 0.233 e. The summed E-state index contributed by atoms with van der Waals surface area (Å²) < 4.78 is 13.4. The maximum Gasteiger partial charge on any atom is 0.233 e. The summed E-state index contributed by atoms with van der Waals surface area (Å²) in [6, 6.07) is 4.10. The molecule has 0 aromatic heterocycles. The summed E-state index contributed by atoms with van der Waals surface area (Å²) in [4.78, 5) is 11.5. The van der Waals surface area contributed by atoms with E-state index in [1.807, 2.05) is 13.8 Å². The van der Waals surface area contributed by atoms with Crippen LogP contribution < -0.4 is 16.4 Å². The largest absolute Gasteiger partial charge is 0.409 e. The molecular weight excluding hydrogens is 275 g/mol. The van der Waals surface area contributed by atoms with Gasteiger partial charge in [0.15, 0.2) is 5.84 Å². The van der Waals surface area contributed by atoms with Crippen molar-refractivity contribution in [1.29, 1.82) is 0 Å². The van der Waals surface area contributed by atoms with Crippen LogP contribution in [0.5, 0.6) is 0 Å². The molecule has 0 saturated heterocycles. The highest BCUT2D eigenvalue weighted by Crippen LogP contribution is 2.09. The highest BCUT2D eigenvalue weighted by molar-refractivity contribution is 5.97. The van der Waals surface area contributed by atoms with E-state index in [1.54, 1.807) is 6.07 Å². The number of halogens is 1. The minimum absolute atomic E-state index is 0.114. The first-order valence-electron chi connectivity index (χ1n) is 6.67. The summed E-state index contributed by atoms with van der Waals surface area (Å²) >= 11 is 0. The van der Waals surface area contributed by atoms with Gasteiger partial charge in [0, 0.05) is 18.7 Å². The van der Waals surface area contributed by atoms with Crippen molar-refractivity contribution in [3.05, 3.63) is 35.1 Å². The van der Waals surface area contributed by atoms with Crippen molar-refractivity contribution in [3.63, 3.8) is 0 Å². The maximum atomic E-state index is 13.4. The average molecular weight is 296 g/mol. The number of benzene rings is 1. The Labute approximate surface area is 123 Å². The van der Waals surface area contributed by atoms with Crippen LogP contribution in [0.2, 0.25) is 0 Å². The molecule has 0 radical (unpaired) electrons. The summed E-state index contributed by atoms with van der Waals surface area (Å²) in [7, 11) is 0. The van der Waals surface area contributed by atoms with Crippen LogP contribution in [0.3, 0.4) is 0 Å². The van der Waals surface area contributed by atoms with Crippen LogP contribution in [0.1, 0.15) is 25.0 Å². The highest BCUT2D eigenvalue weighted by Gasteiger charge is 2.06. The molecule has 5 N–H and O–H groups in total. The third-order valence-corrected chi connectivity index (χ3v) is 2.68. The Morgan fingerprint density at radius 1 is 1.43 bits per heavy atom. The fourth-order valence-corrected chi connectivity index (χ4v) is 1.66. The number of amidine groups is 1. The minimum atomic E-state index is -0.486. The molecule has 0 unspecified atom stereocenters. The Morgan fingerprint density at radius 2 is 2.14 bits per heavy atom. The van der Waals surface area contributed by atoms with Gasteiger partial charge in [0.05, 0.1) is 6.54 Å². The van der Waals surface area contributed by atoms with E-state index in [0.717, 1.165) is 0 Å². The molecule has 0 heterocycles. The van der Waals surface area contributed by atoms with Gasteiger partial charge in [-0.1, -0.05) is 19.0 Å². The molecule has 0 saturated carbocycles. The molecule has 0 bridgehead atoms. The van der Waals surface area contributed by atoms with Crippen molar-refractivity contribution in [1.82, 2.24) is 10.6 Å². The Balaban J connectivity index is 2.52. The van der Waals surface area contributed by atoms with E-state index in [4.69, 9.17) is 10.9 Å². The first-order valence-corrected chi connectivity index (χ1v) is 6.67. The number of amides is 1. The molecule has 1 aromatic carbocycles. The van der Waals surface area contributed by atoms with E-state index in [9.17, 15) is 9.18 Å². The Kier molecular flexibility index (Phi) is 6.61. The van der Waals surface area contributed by atoms with Gasteiger partial charge in [0.25, 0.3) is 0 Å². The standard InChI is InChI=1S/C14H21FN4O2/c1-9(2)6-18-13(20)8-17-7-10-3-11(14(16)19-21)5-12(15)4-10/h3-5,9,17,21H,6-8H2,1-2H3,(H2,16,19)(H,18,20). The molecule has 0 spiro atoms. The molecule has 7 heteroatoms. The molecule has 1 rings (SSSR count). The van der Waals surface area contributed by atoms with Crippen LogP contribution in [0.4, 0.5) is 4.39 Å². The first-order chi connectivity index (χ1) is 9.92. The maximum absolute atomic E-state index is 13.4. The number of nitrogens with one attached hydrogen (secondary N) is 2. The number of hydrogen-bond acceptors (Lipinski definition) is 4. The number of rotatable bonds is 7. The second-order valence-electron chi connectivity index (χ2n) is 5.13. The molecule has 0 aliphatic heterocycles. The fourth-order valence-electron chi connectivity index (χ4n) is 1.66. The van der Waals surface area contributed by atoms with Gasteiger partial charge in [-0.05, 0) is 29.7 Å². The quantitative estimate of drug-likeness (QED) is 0.258. The van der Waals surface area contributed by atoms with E-state index in [-0.39, 0.29) is 18.3 Å². The molecule has 0 aliphatic rings. The van der Waals surface area contributed by atoms with Gasteiger partial charge in [0.1, 0.15) is 5.82 Å². The van der Waals surface area contributed by atoms with Crippen LogP contribution in [0.25, 0.3) is 0 Å². The molecule has 0 aliphatic carbocycles. The predicted octanol–water partition coefficient (Wildman–Crippen LogP) is 0.782. The van der Waals surface area contributed by atoms with E-state index >= 15 is 0 Å². The van der Waals surface area contributed by atoms with E-state index in [2.05, 4.69) is 15.8 Å². The van der Waals surface area contributed by atoms with Gasteiger partial charge in [-0.15, -0.1) is 0 Å². The number of nitrogens with zero attached hydrogens (tertiary/aromatic N) is 1. The average Bonchev–Trinajstić information content (AvgIpc) is 2.43. The summed E-state index contributed by atoms with van der Waals surface area (Å²) in [5.74, 6) is -0.372. The molecule has 1 aromatic rings.